The minimum Gasteiger partial charge on any atom is -0.318 e. The molecule has 0 saturated carbocycles. The maximum absolute atomic E-state index is 13.9. The van der Waals surface area contributed by atoms with Crippen molar-refractivity contribution in [2.45, 2.75) is 6.04 Å². The van der Waals surface area contributed by atoms with Crippen LogP contribution in [0.3, 0.4) is 0 Å². The van der Waals surface area contributed by atoms with E-state index < -0.39 is 11.6 Å². The lowest BCUT2D eigenvalue weighted by molar-refractivity contribution is 0.560. The molecule has 0 amide bonds. The summed E-state index contributed by atoms with van der Waals surface area (Å²) in [6, 6.07) is 15.0. The summed E-state index contributed by atoms with van der Waals surface area (Å²) in [7, 11) is 0. The molecule has 0 radical (unpaired) electrons. The van der Waals surface area contributed by atoms with Crippen LogP contribution >= 0.6 is 0 Å². The predicted molar refractivity (Wildman–Crippen MR) is 95.0 cm³/mol. The highest BCUT2D eigenvalue weighted by Gasteiger charge is 2.34. The van der Waals surface area contributed by atoms with Crippen LogP contribution in [0.15, 0.2) is 59.4 Å². The number of tetrazole rings is 1. The third-order valence-corrected chi connectivity index (χ3v) is 4.48. The zero-order valence-corrected chi connectivity index (χ0v) is 13.8. The third kappa shape index (κ3) is 2.40. The maximum atomic E-state index is 13.9. The lowest BCUT2D eigenvalue weighted by Gasteiger charge is -2.27. The predicted octanol–water partition coefficient (Wildman–Crippen LogP) is 2.26. The molecular weight excluding hydrogens is 349 g/mol. The zero-order valence-electron chi connectivity index (χ0n) is 13.8. The summed E-state index contributed by atoms with van der Waals surface area (Å²) >= 11 is 0. The number of hydrogen-bond donors (Lipinski definition) is 2. The van der Waals surface area contributed by atoms with Crippen LogP contribution in [0.5, 0.6) is 0 Å². The molecule has 1 aliphatic heterocycles. The molecule has 0 aliphatic carbocycles. The average molecular weight is 361 g/mol. The van der Waals surface area contributed by atoms with Gasteiger partial charge in [-0.25, -0.2) is 9.49 Å². The van der Waals surface area contributed by atoms with E-state index in [1.54, 1.807) is 12.1 Å². The van der Waals surface area contributed by atoms with Crippen LogP contribution in [-0.2, 0) is 0 Å². The van der Waals surface area contributed by atoms with Gasteiger partial charge in [0, 0.05) is 11.1 Å². The van der Waals surface area contributed by atoms with Gasteiger partial charge in [-0.3, -0.25) is 4.79 Å². The van der Waals surface area contributed by atoms with Crippen molar-refractivity contribution in [1.82, 2.24) is 30.4 Å². The lowest BCUT2D eigenvalue weighted by Crippen LogP contribution is -2.29. The Hall–Kier alpha value is -3.88. The number of aromatic nitrogens is 6. The molecule has 132 valence electrons. The van der Waals surface area contributed by atoms with E-state index in [1.165, 1.54) is 16.8 Å². The Morgan fingerprint density at radius 2 is 1.93 bits per heavy atom. The van der Waals surface area contributed by atoms with E-state index in [0.29, 0.717) is 28.5 Å². The molecule has 4 aromatic rings. The van der Waals surface area contributed by atoms with Crippen molar-refractivity contribution in [3.63, 3.8) is 0 Å². The van der Waals surface area contributed by atoms with Gasteiger partial charge < -0.3 is 5.32 Å². The smallest absolute Gasteiger partial charge is 0.288 e. The molecule has 9 heteroatoms. The van der Waals surface area contributed by atoms with Gasteiger partial charge in [0.25, 0.3) is 5.56 Å². The summed E-state index contributed by atoms with van der Waals surface area (Å²) < 4.78 is 15.5. The van der Waals surface area contributed by atoms with Crippen LogP contribution in [0.1, 0.15) is 17.2 Å². The van der Waals surface area contributed by atoms with Crippen LogP contribution in [-0.4, -0.2) is 30.4 Å². The van der Waals surface area contributed by atoms with Gasteiger partial charge in [-0.05, 0) is 28.1 Å². The van der Waals surface area contributed by atoms with Gasteiger partial charge in [0.05, 0.1) is 5.69 Å². The van der Waals surface area contributed by atoms with Gasteiger partial charge in [-0.1, -0.05) is 47.6 Å². The summed E-state index contributed by atoms with van der Waals surface area (Å²) in [6.45, 7) is 0. The second-order valence-corrected chi connectivity index (χ2v) is 6.09. The van der Waals surface area contributed by atoms with Gasteiger partial charge in [-0.2, -0.15) is 9.78 Å². The van der Waals surface area contributed by atoms with Crippen LogP contribution in [0.25, 0.3) is 11.3 Å². The highest BCUT2D eigenvalue weighted by Crippen LogP contribution is 2.40. The normalized spacial score (nSPS) is 14.9. The molecule has 1 atom stereocenters. The standard InChI is InChI=1S/C18H12FN7O/c19-12-8-4-7-11(9-12)16-13-14(10-5-2-1-3-6-10)21-22-17(27)15(13)20-18-23-24-25-26(16)18/h1-9,16H,(H,22,27)(H,20,23,25)/t16-/m1/s1. The van der Waals surface area contributed by atoms with Crippen molar-refractivity contribution in [1.29, 1.82) is 0 Å². The Labute approximate surface area is 151 Å². The van der Waals surface area contributed by atoms with E-state index in [2.05, 4.69) is 31.0 Å². The van der Waals surface area contributed by atoms with E-state index in [4.69, 9.17) is 0 Å². The Bertz CT molecular complexity index is 1200. The second kappa shape index (κ2) is 5.84. The molecule has 2 N–H and O–H groups in total. The molecular formula is C18H12FN7O. The first-order chi connectivity index (χ1) is 13.2. The maximum Gasteiger partial charge on any atom is 0.288 e. The summed E-state index contributed by atoms with van der Waals surface area (Å²) in [5, 5.41) is 21.4. The van der Waals surface area contributed by atoms with E-state index >= 15 is 0 Å². The van der Waals surface area contributed by atoms with Crippen LogP contribution in [0.2, 0.25) is 0 Å². The molecule has 2 aromatic heterocycles. The number of fused-ring (bicyclic) bond motifs is 2. The van der Waals surface area contributed by atoms with E-state index in [9.17, 15) is 9.18 Å². The lowest BCUT2D eigenvalue weighted by atomic mass is 9.92. The average Bonchev–Trinajstić information content (AvgIpc) is 3.16. The molecule has 5 rings (SSSR count). The third-order valence-electron chi connectivity index (χ3n) is 4.48. The van der Waals surface area contributed by atoms with Crippen molar-refractivity contribution in [2.75, 3.05) is 5.32 Å². The number of anilines is 2. The Morgan fingerprint density at radius 1 is 1.07 bits per heavy atom. The molecule has 0 bridgehead atoms. The minimum atomic E-state index is -0.605. The fraction of sp³-hybridized carbons (Fsp3) is 0.0556. The summed E-state index contributed by atoms with van der Waals surface area (Å²) in [5.41, 5.74) is 2.45. The SMILES string of the molecule is O=c1[nH]nc(-c2ccccc2)c2c1Nc1nnnn1[C@@H]2c1cccc(F)c1. The van der Waals surface area contributed by atoms with Crippen molar-refractivity contribution in [2.24, 2.45) is 0 Å². The van der Waals surface area contributed by atoms with E-state index in [0.717, 1.165) is 5.56 Å². The highest BCUT2D eigenvalue weighted by atomic mass is 19.1. The first kappa shape index (κ1) is 15.4. The first-order valence-electron chi connectivity index (χ1n) is 8.21. The second-order valence-electron chi connectivity index (χ2n) is 6.09. The molecule has 2 aromatic carbocycles. The molecule has 27 heavy (non-hydrogen) atoms. The summed E-state index contributed by atoms with van der Waals surface area (Å²) in [6.07, 6.45) is 0. The number of hydrogen-bond acceptors (Lipinski definition) is 6. The number of nitrogens with zero attached hydrogens (tertiary/aromatic N) is 5. The van der Waals surface area contributed by atoms with Crippen LogP contribution in [0.4, 0.5) is 16.0 Å². The van der Waals surface area contributed by atoms with Crippen molar-refractivity contribution in [3.8, 4) is 11.3 Å². The molecule has 1 aliphatic rings. The molecule has 0 spiro atoms. The number of aromatic amines is 1. The van der Waals surface area contributed by atoms with Gasteiger partial charge in [0.2, 0.25) is 5.95 Å². The largest absolute Gasteiger partial charge is 0.318 e. The fourth-order valence-electron chi connectivity index (χ4n) is 3.34. The van der Waals surface area contributed by atoms with Crippen molar-refractivity contribution < 1.29 is 4.39 Å². The zero-order chi connectivity index (χ0) is 18.4. The van der Waals surface area contributed by atoms with Gasteiger partial charge in [0.1, 0.15) is 17.5 Å². The Balaban J connectivity index is 1.84. The highest BCUT2D eigenvalue weighted by molar-refractivity contribution is 5.75. The quantitative estimate of drug-likeness (QED) is 0.500. The molecule has 8 nitrogen and oxygen atoms in total. The van der Waals surface area contributed by atoms with Gasteiger partial charge in [-0.15, -0.1) is 0 Å². The number of H-pyrrole nitrogens is 1. The van der Waals surface area contributed by atoms with Gasteiger partial charge >= 0.3 is 0 Å². The van der Waals surface area contributed by atoms with Crippen LogP contribution < -0.4 is 10.9 Å². The van der Waals surface area contributed by atoms with E-state index in [1.807, 2.05) is 30.3 Å². The van der Waals surface area contributed by atoms with Gasteiger partial charge in [0.15, 0.2) is 0 Å². The minimum absolute atomic E-state index is 0.292. The molecule has 0 fully saturated rings. The number of benzene rings is 2. The Morgan fingerprint density at radius 3 is 2.74 bits per heavy atom. The Kier molecular flexibility index (Phi) is 3.32. The van der Waals surface area contributed by atoms with E-state index in [-0.39, 0.29) is 5.82 Å². The monoisotopic (exact) mass is 361 g/mol. The fourth-order valence-corrected chi connectivity index (χ4v) is 3.34. The molecule has 3 heterocycles. The first-order valence-corrected chi connectivity index (χ1v) is 8.21. The van der Waals surface area contributed by atoms with Crippen molar-refractivity contribution in [3.05, 3.63) is 81.9 Å². The number of rotatable bonds is 2. The molecule has 0 saturated heterocycles. The van der Waals surface area contributed by atoms with Crippen molar-refractivity contribution >= 4 is 11.6 Å². The van der Waals surface area contributed by atoms with Crippen LogP contribution in [0, 0.1) is 5.82 Å². The molecule has 0 unspecified atom stereocenters. The topological polar surface area (TPSA) is 101 Å². The number of nitrogens with one attached hydrogen (secondary N) is 2. The number of halogens is 1. The summed E-state index contributed by atoms with van der Waals surface area (Å²) in [4.78, 5) is 12.5. The summed E-state index contributed by atoms with van der Waals surface area (Å²) in [5.74, 6) is -0.0891.